The molecule has 2 aromatic rings. The molecule has 6 heteroatoms. The number of amides is 1. The summed E-state index contributed by atoms with van der Waals surface area (Å²) in [6.07, 6.45) is 0.833. The fraction of sp³-hybridized carbons (Fsp3) is 0.333. The molecule has 1 amide bonds. The fourth-order valence-corrected chi connectivity index (χ4v) is 3.18. The molecule has 0 aromatic carbocycles. The quantitative estimate of drug-likeness (QED) is 0.878. The fourth-order valence-electron chi connectivity index (χ4n) is 1.52. The largest absolute Gasteiger partial charge is 0.355 e. The van der Waals surface area contributed by atoms with Gasteiger partial charge in [-0.3, -0.25) is 4.79 Å². The number of hydrogen-bond acceptors (Lipinski definition) is 5. The van der Waals surface area contributed by atoms with E-state index in [2.05, 4.69) is 27.8 Å². The molecular formula is C12H15N3OS2. The minimum atomic E-state index is -0.109. The number of rotatable bonds is 5. The standard InChI is InChI=1S/C12H15N3OS2/c1-8-15-10(7-17-8)11-3-2-9(18-11)4-5-14-12(16)6-13/h2-3,7H,4-6,13H2,1H3,(H,14,16). The maximum absolute atomic E-state index is 11.0. The number of nitrogens with two attached hydrogens (primary N) is 1. The maximum Gasteiger partial charge on any atom is 0.233 e. The van der Waals surface area contributed by atoms with Crippen LogP contribution in [0.3, 0.4) is 0 Å². The lowest BCUT2D eigenvalue weighted by Crippen LogP contribution is -2.31. The maximum atomic E-state index is 11.0. The zero-order valence-electron chi connectivity index (χ0n) is 10.1. The topological polar surface area (TPSA) is 68.0 Å². The Morgan fingerprint density at radius 3 is 3.00 bits per heavy atom. The van der Waals surface area contributed by atoms with Crippen LogP contribution in [0.1, 0.15) is 9.88 Å². The van der Waals surface area contributed by atoms with Gasteiger partial charge in [0.15, 0.2) is 0 Å². The highest BCUT2D eigenvalue weighted by Gasteiger charge is 2.06. The highest BCUT2D eigenvalue weighted by atomic mass is 32.1. The second kappa shape index (κ2) is 6.08. The number of hydrogen-bond donors (Lipinski definition) is 2. The van der Waals surface area contributed by atoms with Crippen molar-refractivity contribution in [2.24, 2.45) is 5.73 Å². The monoisotopic (exact) mass is 281 g/mol. The Hall–Kier alpha value is -1.24. The van der Waals surface area contributed by atoms with Crippen molar-refractivity contribution in [3.8, 4) is 10.6 Å². The van der Waals surface area contributed by atoms with Crippen molar-refractivity contribution in [3.63, 3.8) is 0 Å². The Morgan fingerprint density at radius 2 is 2.33 bits per heavy atom. The van der Waals surface area contributed by atoms with Crippen LogP contribution in [-0.4, -0.2) is 24.0 Å². The predicted octanol–water partition coefficient (Wildman–Crippen LogP) is 1.80. The van der Waals surface area contributed by atoms with Crippen molar-refractivity contribution in [2.45, 2.75) is 13.3 Å². The van der Waals surface area contributed by atoms with Crippen molar-refractivity contribution in [1.29, 1.82) is 0 Å². The molecule has 4 nitrogen and oxygen atoms in total. The molecule has 0 saturated carbocycles. The molecule has 0 saturated heterocycles. The van der Waals surface area contributed by atoms with E-state index >= 15 is 0 Å². The summed E-state index contributed by atoms with van der Waals surface area (Å²) in [6.45, 7) is 2.69. The summed E-state index contributed by atoms with van der Waals surface area (Å²) in [4.78, 5) is 17.9. The zero-order valence-corrected chi connectivity index (χ0v) is 11.7. The average Bonchev–Trinajstić information content (AvgIpc) is 2.97. The molecule has 0 aliphatic rings. The predicted molar refractivity (Wildman–Crippen MR) is 75.9 cm³/mol. The first kappa shape index (κ1) is 13.2. The van der Waals surface area contributed by atoms with Crippen LogP contribution in [0, 0.1) is 6.92 Å². The molecule has 2 rings (SSSR count). The number of aromatic nitrogens is 1. The number of nitrogens with one attached hydrogen (secondary N) is 1. The summed E-state index contributed by atoms with van der Waals surface area (Å²) in [5, 5.41) is 5.91. The van der Waals surface area contributed by atoms with Gasteiger partial charge in [0.1, 0.15) is 0 Å². The Balaban J connectivity index is 1.92. The van der Waals surface area contributed by atoms with Gasteiger partial charge in [0.25, 0.3) is 0 Å². The Morgan fingerprint density at radius 1 is 1.50 bits per heavy atom. The van der Waals surface area contributed by atoms with E-state index in [1.54, 1.807) is 22.7 Å². The van der Waals surface area contributed by atoms with E-state index in [4.69, 9.17) is 5.73 Å². The Bertz CT molecular complexity index is 533. The molecule has 0 radical (unpaired) electrons. The number of aryl methyl sites for hydroxylation is 1. The van der Waals surface area contributed by atoms with E-state index in [1.165, 1.54) is 9.75 Å². The third kappa shape index (κ3) is 3.38. The van der Waals surface area contributed by atoms with E-state index in [0.717, 1.165) is 17.1 Å². The lowest BCUT2D eigenvalue weighted by molar-refractivity contribution is -0.119. The van der Waals surface area contributed by atoms with Crippen LogP contribution in [0.2, 0.25) is 0 Å². The molecule has 2 heterocycles. The number of thiophene rings is 1. The minimum absolute atomic E-state index is 0.0494. The van der Waals surface area contributed by atoms with Crippen LogP contribution < -0.4 is 11.1 Å². The molecule has 0 spiro atoms. The van der Waals surface area contributed by atoms with Gasteiger partial charge in [-0.15, -0.1) is 22.7 Å². The Labute approximate surface area is 114 Å². The number of nitrogens with zero attached hydrogens (tertiary/aromatic N) is 1. The van der Waals surface area contributed by atoms with Gasteiger partial charge in [-0.1, -0.05) is 0 Å². The van der Waals surface area contributed by atoms with Crippen LogP contribution in [0.4, 0.5) is 0 Å². The third-order valence-corrected chi connectivity index (χ3v) is 4.35. The van der Waals surface area contributed by atoms with E-state index < -0.39 is 0 Å². The van der Waals surface area contributed by atoms with Gasteiger partial charge in [0, 0.05) is 16.8 Å². The lowest BCUT2D eigenvalue weighted by atomic mass is 10.3. The molecule has 0 atom stereocenters. The highest BCUT2D eigenvalue weighted by molar-refractivity contribution is 7.16. The van der Waals surface area contributed by atoms with Crippen molar-refractivity contribution >= 4 is 28.6 Å². The molecule has 3 N–H and O–H groups in total. The van der Waals surface area contributed by atoms with Crippen LogP contribution in [0.5, 0.6) is 0 Å². The van der Waals surface area contributed by atoms with Crippen molar-refractivity contribution in [3.05, 3.63) is 27.4 Å². The molecule has 0 fully saturated rings. The summed E-state index contributed by atoms with van der Waals surface area (Å²) >= 11 is 3.38. The van der Waals surface area contributed by atoms with Crippen LogP contribution in [-0.2, 0) is 11.2 Å². The summed E-state index contributed by atoms with van der Waals surface area (Å²) in [5.74, 6) is -0.109. The van der Waals surface area contributed by atoms with Gasteiger partial charge in [-0.05, 0) is 25.5 Å². The lowest BCUT2D eigenvalue weighted by Gasteiger charge is -2.00. The van der Waals surface area contributed by atoms with Crippen molar-refractivity contribution in [1.82, 2.24) is 10.3 Å². The SMILES string of the molecule is Cc1nc(-c2ccc(CCNC(=O)CN)s2)cs1. The Kier molecular flexibility index (Phi) is 4.46. The van der Waals surface area contributed by atoms with Gasteiger partial charge < -0.3 is 11.1 Å². The highest BCUT2D eigenvalue weighted by Crippen LogP contribution is 2.29. The summed E-state index contributed by atoms with van der Waals surface area (Å²) in [7, 11) is 0. The molecule has 0 bridgehead atoms. The van der Waals surface area contributed by atoms with E-state index in [0.29, 0.717) is 6.54 Å². The first-order valence-electron chi connectivity index (χ1n) is 5.67. The summed E-state index contributed by atoms with van der Waals surface area (Å²) in [5.41, 5.74) is 6.26. The second-order valence-corrected chi connectivity index (χ2v) is 6.05. The summed E-state index contributed by atoms with van der Waals surface area (Å²) < 4.78 is 0. The van der Waals surface area contributed by atoms with Crippen LogP contribution in [0.15, 0.2) is 17.5 Å². The van der Waals surface area contributed by atoms with E-state index in [-0.39, 0.29) is 12.5 Å². The first-order chi connectivity index (χ1) is 8.69. The van der Waals surface area contributed by atoms with Crippen LogP contribution in [0.25, 0.3) is 10.6 Å². The molecule has 0 aliphatic carbocycles. The molecule has 96 valence electrons. The van der Waals surface area contributed by atoms with Crippen molar-refractivity contribution < 1.29 is 4.79 Å². The minimum Gasteiger partial charge on any atom is -0.355 e. The van der Waals surface area contributed by atoms with Gasteiger partial charge >= 0.3 is 0 Å². The van der Waals surface area contributed by atoms with Gasteiger partial charge in [-0.2, -0.15) is 0 Å². The first-order valence-corrected chi connectivity index (χ1v) is 7.36. The normalized spacial score (nSPS) is 10.6. The average molecular weight is 281 g/mol. The molecule has 0 aliphatic heterocycles. The van der Waals surface area contributed by atoms with Crippen molar-refractivity contribution in [2.75, 3.05) is 13.1 Å². The van der Waals surface area contributed by atoms with Gasteiger partial charge in [0.2, 0.25) is 5.91 Å². The smallest absolute Gasteiger partial charge is 0.233 e. The number of carbonyl (C=O) groups is 1. The number of carbonyl (C=O) groups excluding carboxylic acids is 1. The van der Waals surface area contributed by atoms with E-state index in [9.17, 15) is 4.79 Å². The van der Waals surface area contributed by atoms with Gasteiger partial charge in [0.05, 0.1) is 22.1 Å². The zero-order chi connectivity index (χ0) is 13.0. The molecule has 0 unspecified atom stereocenters. The molecular weight excluding hydrogens is 266 g/mol. The second-order valence-electron chi connectivity index (χ2n) is 3.82. The molecule has 2 aromatic heterocycles. The van der Waals surface area contributed by atoms with E-state index in [1.807, 2.05) is 6.92 Å². The van der Waals surface area contributed by atoms with Crippen LogP contribution >= 0.6 is 22.7 Å². The van der Waals surface area contributed by atoms with Gasteiger partial charge in [-0.25, -0.2) is 4.98 Å². The third-order valence-electron chi connectivity index (χ3n) is 2.41. The molecule has 18 heavy (non-hydrogen) atoms. The number of thiazole rings is 1. The summed E-state index contributed by atoms with van der Waals surface area (Å²) in [6, 6.07) is 4.17.